The topological polar surface area (TPSA) is 60.3 Å². The first-order valence-corrected chi connectivity index (χ1v) is 9.30. The van der Waals surface area contributed by atoms with Crippen LogP contribution < -0.4 is 5.32 Å². The van der Waals surface area contributed by atoms with Gasteiger partial charge in [0.25, 0.3) is 5.91 Å². The molecule has 0 spiro atoms. The molecule has 2 aromatic heterocycles. The van der Waals surface area contributed by atoms with Gasteiger partial charge in [0.05, 0.1) is 5.56 Å². The average molecular weight is 404 g/mol. The van der Waals surface area contributed by atoms with Gasteiger partial charge in [-0.1, -0.05) is 6.07 Å². The lowest BCUT2D eigenvalue weighted by Gasteiger charge is -2.15. The van der Waals surface area contributed by atoms with E-state index in [1.807, 2.05) is 19.1 Å². The van der Waals surface area contributed by atoms with E-state index in [0.29, 0.717) is 10.6 Å². The zero-order chi connectivity index (χ0) is 20.4. The van der Waals surface area contributed by atoms with E-state index in [4.69, 9.17) is 4.74 Å². The predicted molar refractivity (Wildman–Crippen MR) is 103 cm³/mol. The molecular formula is C20H18F2N2O3S. The molecule has 1 N–H and O–H groups in total. The van der Waals surface area contributed by atoms with E-state index in [0.717, 1.165) is 22.6 Å². The molecule has 0 fully saturated rings. The minimum atomic E-state index is -1.25. The molecule has 0 bridgehead atoms. The molecular weight excluding hydrogens is 386 g/mol. The second-order valence-electron chi connectivity index (χ2n) is 6.19. The van der Waals surface area contributed by atoms with Gasteiger partial charge < -0.3 is 14.6 Å². The number of thiophene rings is 1. The summed E-state index contributed by atoms with van der Waals surface area (Å²) < 4.78 is 34.5. The highest BCUT2D eigenvalue weighted by Crippen LogP contribution is 2.32. The fourth-order valence-corrected chi connectivity index (χ4v) is 3.73. The molecule has 8 heteroatoms. The first-order valence-electron chi connectivity index (χ1n) is 8.48. The van der Waals surface area contributed by atoms with Gasteiger partial charge in [-0.15, -0.1) is 11.3 Å². The van der Waals surface area contributed by atoms with Gasteiger partial charge >= 0.3 is 5.97 Å². The van der Waals surface area contributed by atoms with Gasteiger partial charge in [0, 0.05) is 17.3 Å². The molecule has 3 aromatic rings. The van der Waals surface area contributed by atoms with Crippen molar-refractivity contribution < 1.29 is 23.1 Å². The number of aromatic nitrogens is 1. The third-order valence-electron chi connectivity index (χ3n) is 4.27. The van der Waals surface area contributed by atoms with Crippen molar-refractivity contribution in [3.05, 3.63) is 70.4 Å². The number of benzene rings is 1. The molecule has 28 heavy (non-hydrogen) atoms. The van der Waals surface area contributed by atoms with E-state index >= 15 is 0 Å². The maximum Gasteiger partial charge on any atom is 0.342 e. The second kappa shape index (κ2) is 7.93. The molecule has 1 amide bonds. The number of carbonyl (C=O) groups is 2. The van der Waals surface area contributed by atoms with Crippen molar-refractivity contribution in [2.24, 2.45) is 0 Å². The van der Waals surface area contributed by atoms with Crippen LogP contribution in [0.3, 0.4) is 0 Å². The Balaban J connectivity index is 1.79. The van der Waals surface area contributed by atoms with Crippen LogP contribution in [0.1, 0.15) is 27.7 Å². The van der Waals surface area contributed by atoms with Crippen LogP contribution in [0.5, 0.6) is 0 Å². The summed E-state index contributed by atoms with van der Waals surface area (Å²) in [5.41, 5.74) is 0.535. The highest BCUT2D eigenvalue weighted by atomic mass is 32.1. The van der Waals surface area contributed by atoms with Gasteiger partial charge in [0.2, 0.25) is 0 Å². The van der Waals surface area contributed by atoms with Crippen LogP contribution in [0.25, 0.3) is 5.00 Å². The quantitative estimate of drug-likeness (QED) is 0.632. The SMILES string of the molecule is Cc1sc(-n2cccc2)c(C(=O)OC(C)C(=O)Nc2c(F)cccc2F)c1C. The number of rotatable bonds is 5. The molecule has 0 aliphatic carbocycles. The zero-order valence-electron chi connectivity index (χ0n) is 15.5. The fraction of sp³-hybridized carbons (Fsp3) is 0.200. The number of para-hydroxylation sites is 1. The zero-order valence-corrected chi connectivity index (χ0v) is 16.3. The van der Waals surface area contributed by atoms with E-state index in [1.165, 1.54) is 24.3 Å². The van der Waals surface area contributed by atoms with Gasteiger partial charge in [-0.2, -0.15) is 0 Å². The normalized spacial score (nSPS) is 11.9. The van der Waals surface area contributed by atoms with Gasteiger partial charge in [-0.25, -0.2) is 13.6 Å². The van der Waals surface area contributed by atoms with Gasteiger partial charge in [0.15, 0.2) is 6.10 Å². The summed E-state index contributed by atoms with van der Waals surface area (Å²) in [7, 11) is 0. The van der Waals surface area contributed by atoms with Gasteiger partial charge in [-0.05, 0) is 50.6 Å². The number of ether oxygens (including phenoxy) is 1. The number of anilines is 1. The lowest BCUT2D eigenvalue weighted by atomic mass is 10.1. The van der Waals surface area contributed by atoms with Gasteiger partial charge in [-0.3, -0.25) is 4.79 Å². The van der Waals surface area contributed by atoms with Crippen LogP contribution in [0.4, 0.5) is 14.5 Å². The van der Waals surface area contributed by atoms with E-state index < -0.39 is 35.3 Å². The summed E-state index contributed by atoms with van der Waals surface area (Å²) in [4.78, 5) is 25.9. The van der Waals surface area contributed by atoms with Gasteiger partial charge in [0.1, 0.15) is 22.3 Å². The molecule has 1 unspecified atom stereocenters. The van der Waals surface area contributed by atoms with E-state index in [1.54, 1.807) is 23.9 Å². The molecule has 0 aliphatic heterocycles. The molecule has 146 valence electrons. The Morgan fingerprint density at radius 2 is 1.71 bits per heavy atom. The summed E-state index contributed by atoms with van der Waals surface area (Å²) in [6, 6.07) is 6.90. The van der Waals surface area contributed by atoms with Crippen molar-refractivity contribution in [2.45, 2.75) is 26.9 Å². The first-order chi connectivity index (χ1) is 13.3. The molecule has 0 saturated carbocycles. The monoisotopic (exact) mass is 404 g/mol. The third kappa shape index (κ3) is 3.82. The second-order valence-corrected chi connectivity index (χ2v) is 7.39. The van der Waals surface area contributed by atoms with Crippen molar-refractivity contribution in [3.63, 3.8) is 0 Å². The van der Waals surface area contributed by atoms with Crippen molar-refractivity contribution in [3.8, 4) is 5.00 Å². The Morgan fingerprint density at radius 1 is 1.11 bits per heavy atom. The highest BCUT2D eigenvalue weighted by molar-refractivity contribution is 7.15. The van der Waals surface area contributed by atoms with Crippen LogP contribution in [-0.4, -0.2) is 22.5 Å². The maximum atomic E-state index is 13.7. The molecule has 3 rings (SSSR count). The number of amides is 1. The summed E-state index contributed by atoms with van der Waals surface area (Å²) in [5.74, 6) is -3.33. The van der Waals surface area contributed by atoms with Crippen molar-refractivity contribution in [1.29, 1.82) is 0 Å². The molecule has 2 heterocycles. The predicted octanol–water partition coefficient (Wildman–Crippen LogP) is 4.62. The Kier molecular flexibility index (Phi) is 5.60. The molecule has 0 saturated heterocycles. The smallest absolute Gasteiger partial charge is 0.342 e. The Morgan fingerprint density at radius 3 is 2.32 bits per heavy atom. The highest BCUT2D eigenvalue weighted by Gasteiger charge is 2.26. The minimum Gasteiger partial charge on any atom is -0.449 e. The lowest BCUT2D eigenvalue weighted by molar-refractivity contribution is -0.123. The van der Waals surface area contributed by atoms with E-state index in [9.17, 15) is 18.4 Å². The number of nitrogens with one attached hydrogen (secondary N) is 1. The van der Waals surface area contributed by atoms with E-state index in [2.05, 4.69) is 5.32 Å². The van der Waals surface area contributed by atoms with Crippen LogP contribution in [-0.2, 0) is 9.53 Å². The summed E-state index contributed by atoms with van der Waals surface area (Å²) >= 11 is 1.43. The number of esters is 1. The number of nitrogens with zero attached hydrogens (tertiary/aromatic N) is 1. The van der Waals surface area contributed by atoms with Crippen molar-refractivity contribution >= 4 is 28.9 Å². The molecule has 1 aromatic carbocycles. The third-order valence-corrected chi connectivity index (χ3v) is 5.49. The number of hydrogen-bond donors (Lipinski definition) is 1. The Hall–Kier alpha value is -3.00. The van der Waals surface area contributed by atoms with Crippen molar-refractivity contribution in [2.75, 3.05) is 5.32 Å². The lowest BCUT2D eigenvalue weighted by Crippen LogP contribution is -2.31. The van der Waals surface area contributed by atoms with Crippen molar-refractivity contribution in [1.82, 2.24) is 4.57 Å². The average Bonchev–Trinajstić information content (AvgIpc) is 3.27. The largest absolute Gasteiger partial charge is 0.449 e. The summed E-state index contributed by atoms with van der Waals surface area (Å²) in [6.45, 7) is 5.03. The molecule has 1 atom stereocenters. The fourth-order valence-electron chi connectivity index (χ4n) is 2.62. The number of halogens is 2. The summed E-state index contributed by atoms with van der Waals surface area (Å²) in [6.07, 6.45) is 2.36. The number of carbonyl (C=O) groups excluding carboxylic acids is 2. The minimum absolute atomic E-state index is 0.357. The Labute approximate surface area is 164 Å². The van der Waals surface area contributed by atoms with Crippen LogP contribution in [0, 0.1) is 25.5 Å². The maximum absolute atomic E-state index is 13.7. The van der Waals surface area contributed by atoms with Crippen LogP contribution in [0.15, 0.2) is 42.7 Å². The molecule has 0 aliphatic rings. The van der Waals surface area contributed by atoms with Crippen LogP contribution >= 0.6 is 11.3 Å². The Bertz CT molecular complexity index is 1010. The van der Waals surface area contributed by atoms with Crippen LogP contribution in [0.2, 0.25) is 0 Å². The first kappa shape index (κ1) is 19.8. The molecule has 5 nitrogen and oxygen atoms in total. The number of hydrogen-bond acceptors (Lipinski definition) is 4. The molecule has 0 radical (unpaired) electrons. The summed E-state index contributed by atoms with van der Waals surface area (Å²) in [5, 5.41) is 2.81. The van der Waals surface area contributed by atoms with E-state index in [-0.39, 0.29) is 0 Å². The standard InChI is InChI=1S/C20H18F2N2O3S/c1-11-13(3)28-19(24-9-4-5-10-24)16(11)20(26)27-12(2)18(25)23-17-14(21)7-6-8-15(17)22/h4-10,12H,1-3H3,(H,23,25). The number of aryl methyl sites for hydroxylation is 1.